The van der Waals surface area contributed by atoms with Crippen LogP contribution in [0.2, 0.25) is 0 Å². The maximum atomic E-state index is 15.2. The first-order chi connectivity index (χ1) is 15.7. The van der Waals surface area contributed by atoms with Gasteiger partial charge in [-0.2, -0.15) is 0 Å². The number of rotatable bonds is 6. The van der Waals surface area contributed by atoms with Crippen molar-refractivity contribution in [3.05, 3.63) is 118 Å². The fraction of sp³-hybridized carbons (Fsp3) is 0.226. The molecule has 4 aromatic rings. The molecule has 0 fully saturated rings. The molecule has 32 heavy (non-hydrogen) atoms. The van der Waals surface area contributed by atoms with Crippen LogP contribution in [0.5, 0.6) is 0 Å². The van der Waals surface area contributed by atoms with Gasteiger partial charge in [-0.1, -0.05) is 86.7 Å². The van der Waals surface area contributed by atoms with Gasteiger partial charge in [-0.05, 0) is 77.6 Å². The summed E-state index contributed by atoms with van der Waals surface area (Å²) in [5.74, 6) is 6.31. The van der Waals surface area contributed by atoms with E-state index < -0.39 is 0 Å². The van der Waals surface area contributed by atoms with Crippen LogP contribution in [0.25, 0.3) is 10.8 Å². The Balaban J connectivity index is 1.48. The first kappa shape index (κ1) is 21.8. The summed E-state index contributed by atoms with van der Waals surface area (Å²) in [4.78, 5) is 0. The lowest BCUT2D eigenvalue weighted by atomic mass is 9.98. The molecule has 0 aliphatic rings. The van der Waals surface area contributed by atoms with E-state index in [9.17, 15) is 0 Å². The van der Waals surface area contributed by atoms with Gasteiger partial charge in [0.2, 0.25) is 0 Å². The van der Waals surface area contributed by atoms with Crippen LogP contribution >= 0.6 is 0 Å². The monoisotopic (exact) mass is 420 g/mol. The highest BCUT2D eigenvalue weighted by Crippen LogP contribution is 2.24. The van der Waals surface area contributed by atoms with Crippen molar-refractivity contribution >= 4 is 10.8 Å². The summed E-state index contributed by atoms with van der Waals surface area (Å²) < 4.78 is 15.2. The van der Waals surface area contributed by atoms with Crippen molar-refractivity contribution in [3.8, 4) is 11.8 Å². The van der Waals surface area contributed by atoms with Crippen LogP contribution in [0.15, 0.2) is 78.9 Å². The molecule has 0 saturated heterocycles. The van der Waals surface area contributed by atoms with E-state index in [4.69, 9.17) is 0 Å². The van der Waals surface area contributed by atoms with Crippen molar-refractivity contribution in [2.45, 2.75) is 46.0 Å². The van der Waals surface area contributed by atoms with Crippen LogP contribution in [-0.2, 0) is 25.7 Å². The SMILES string of the molecule is CCCc1ccc(CCc2ccc3cc(C#Cc4ccc(CC)cc4)ccc3c2F)cc1. The zero-order valence-corrected chi connectivity index (χ0v) is 18.9. The van der Waals surface area contributed by atoms with Gasteiger partial charge < -0.3 is 0 Å². The molecule has 0 aliphatic heterocycles. The summed E-state index contributed by atoms with van der Waals surface area (Å²) in [6.07, 6.45) is 4.83. The molecule has 0 spiro atoms. The predicted molar refractivity (Wildman–Crippen MR) is 134 cm³/mol. The third kappa shape index (κ3) is 5.27. The van der Waals surface area contributed by atoms with Gasteiger partial charge in [0.15, 0.2) is 0 Å². The zero-order chi connectivity index (χ0) is 22.3. The molecule has 0 radical (unpaired) electrons. The maximum absolute atomic E-state index is 15.2. The molecule has 0 nitrogen and oxygen atoms in total. The van der Waals surface area contributed by atoms with Crippen LogP contribution in [0.3, 0.4) is 0 Å². The van der Waals surface area contributed by atoms with Crippen molar-refractivity contribution in [3.63, 3.8) is 0 Å². The van der Waals surface area contributed by atoms with E-state index in [2.05, 4.69) is 74.2 Å². The molecule has 0 atom stereocenters. The molecule has 160 valence electrons. The Morgan fingerprint density at radius 3 is 1.94 bits per heavy atom. The number of hydrogen-bond acceptors (Lipinski definition) is 0. The summed E-state index contributed by atoms with van der Waals surface area (Å²) in [6, 6.07) is 26.7. The molecule has 0 bridgehead atoms. The Morgan fingerprint density at radius 1 is 0.625 bits per heavy atom. The normalized spacial score (nSPS) is 10.7. The minimum atomic E-state index is -0.111. The van der Waals surface area contributed by atoms with Crippen LogP contribution < -0.4 is 0 Å². The average Bonchev–Trinajstić information content (AvgIpc) is 2.84. The zero-order valence-electron chi connectivity index (χ0n) is 18.9. The second-order valence-corrected chi connectivity index (χ2v) is 8.34. The molecule has 0 heterocycles. The molecule has 1 heteroatoms. The van der Waals surface area contributed by atoms with Crippen molar-refractivity contribution < 1.29 is 4.39 Å². The summed E-state index contributed by atoms with van der Waals surface area (Å²) >= 11 is 0. The maximum Gasteiger partial charge on any atom is 0.134 e. The van der Waals surface area contributed by atoms with E-state index in [1.807, 2.05) is 30.3 Å². The van der Waals surface area contributed by atoms with Gasteiger partial charge in [0.25, 0.3) is 0 Å². The minimum absolute atomic E-state index is 0.111. The first-order valence-electron chi connectivity index (χ1n) is 11.6. The molecule has 0 unspecified atom stereocenters. The quantitative estimate of drug-likeness (QED) is 0.281. The smallest absolute Gasteiger partial charge is 0.134 e. The molecule has 4 rings (SSSR count). The second kappa shape index (κ2) is 10.3. The van der Waals surface area contributed by atoms with E-state index in [0.29, 0.717) is 11.8 Å². The van der Waals surface area contributed by atoms with E-state index in [-0.39, 0.29) is 5.82 Å². The Labute approximate surface area is 191 Å². The third-order valence-corrected chi connectivity index (χ3v) is 5.99. The highest BCUT2D eigenvalue weighted by atomic mass is 19.1. The predicted octanol–water partition coefficient (Wildman–Crippen LogP) is 7.68. The van der Waals surface area contributed by atoms with E-state index in [0.717, 1.165) is 47.8 Å². The Hall–Kier alpha value is -3.37. The highest BCUT2D eigenvalue weighted by molar-refractivity contribution is 5.85. The van der Waals surface area contributed by atoms with E-state index >= 15 is 4.39 Å². The second-order valence-electron chi connectivity index (χ2n) is 8.34. The third-order valence-electron chi connectivity index (χ3n) is 5.99. The first-order valence-corrected chi connectivity index (χ1v) is 11.6. The van der Waals surface area contributed by atoms with Gasteiger partial charge in [0.1, 0.15) is 5.82 Å². The largest absolute Gasteiger partial charge is 0.206 e. The lowest BCUT2D eigenvalue weighted by molar-refractivity contribution is 0.620. The number of benzene rings is 4. The number of fused-ring (bicyclic) bond motifs is 1. The van der Waals surface area contributed by atoms with Gasteiger partial charge in [0, 0.05) is 16.5 Å². The van der Waals surface area contributed by atoms with Crippen LogP contribution in [-0.4, -0.2) is 0 Å². The summed E-state index contributed by atoms with van der Waals surface area (Å²) in [6.45, 7) is 4.34. The standard InChI is InChI=1S/C31H29F/c1-3-5-24-10-12-26(13-11-24)16-18-28-19-20-29-22-27(17-21-30(29)31(28)32)15-14-25-8-6-23(4-2)7-9-25/h6-13,17,19-22H,3-5,16,18H2,1-2H3. The van der Waals surface area contributed by atoms with Crippen LogP contribution in [0.1, 0.15) is 53.6 Å². The number of aryl methyl sites for hydroxylation is 4. The minimum Gasteiger partial charge on any atom is -0.206 e. The Bertz CT molecular complexity index is 1250. The lowest BCUT2D eigenvalue weighted by Crippen LogP contribution is -1.96. The van der Waals surface area contributed by atoms with Crippen molar-refractivity contribution in [1.29, 1.82) is 0 Å². The fourth-order valence-electron chi connectivity index (χ4n) is 4.02. The van der Waals surface area contributed by atoms with E-state index in [1.165, 1.54) is 16.7 Å². The van der Waals surface area contributed by atoms with Gasteiger partial charge in [0.05, 0.1) is 0 Å². The molecule has 4 aromatic carbocycles. The van der Waals surface area contributed by atoms with Gasteiger partial charge >= 0.3 is 0 Å². The molecular weight excluding hydrogens is 391 g/mol. The fourth-order valence-corrected chi connectivity index (χ4v) is 4.02. The lowest BCUT2D eigenvalue weighted by Gasteiger charge is -2.08. The van der Waals surface area contributed by atoms with Crippen molar-refractivity contribution in [2.24, 2.45) is 0 Å². The summed E-state index contributed by atoms with van der Waals surface area (Å²) in [5.41, 5.74) is 6.58. The Kier molecular flexibility index (Phi) is 7.03. The topological polar surface area (TPSA) is 0 Å². The number of hydrogen-bond donors (Lipinski definition) is 0. The molecule has 0 amide bonds. The highest BCUT2D eigenvalue weighted by Gasteiger charge is 2.08. The van der Waals surface area contributed by atoms with Gasteiger partial charge in [-0.25, -0.2) is 4.39 Å². The van der Waals surface area contributed by atoms with Crippen molar-refractivity contribution in [2.75, 3.05) is 0 Å². The molecule has 0 aromatic heterocycles. The molecule has 0 N–H and O–H groups in total. The molecule has 0 aliphatic carbocycles. The van der Waals surface area contributed by atoms with Crippen LogP contribution in [0, 0.1) is 17.7 Å². The summed E-state index contributed by atoms with van der Waals surface area (Å²) in [5, 5.41) is 1.56. The Morgan fingerprint density at radius 2 is 1.25 bits per heavy atom. The molecule has 0 saturated carbocycles. The molecular formula is C31H29F. The van der Waals surface area contributed by atoms with E-state index in [1.54, 1.807) is 0 Å². The van der Waals surface area contributed by atoms with Crippen molar-refractivity contribution in [1.82, 2.24) is 0 Å². The van der Waals surface area contributed by atoms with Gasteiger partial charge in [-0.3, -0.25) is 0 Å². The van der Waals surface area contributed by atoms with Gasteiger partial charge in [-0.15, -0.1) is 0 Å². The number of halogens is 1. The van der Waals surface area contributed by atoms with Crippen LogP contribution in [0.4, 0.5) is 4.39 Å². The summed E-state index contributed by atoms with van der Waals surface area (Å²) in [7, 11) is 0. The average molecular weight is 421 g/mol.